The van der Waals surface area contributed by atoms with Crippen LogP contribution in [0.25, 0.3) is 5.65 Å². The van der Waals surface area contributed by atoms with Crippen LogP contribution < -0.4 is 4.74 Å². The molecular weight excluding hydrogens is 284 g/mol. The number of methoxy groups -OCH3 is 1. The summed E-state index contributed by atoms with van der Waals surface area (Å²) < 4.78 is 6.93. The van der Waals surface area contributed by atoms with Crippen LogP contribution in [0.5, 0.6) is 5.75 Å². The van der Waals surface area contributed by atoms with Crippen molar-refractivity contribution >= 4 is 17.2 Å². The summed E-state index contributed by atoms with van der Waals surface area (Å²) in [5.41, 5.74) is 2.17. The zero-order chi connectivity index (χ0) is 15.5. The Bertz CT molecular complexity index is 796. The largest absolute Gasteiger partial charge is 0.491 e. The molecule has 3 aromatic heterocycles. The minimum Gasteiger partial charge on any atom is -0.491 e. The molecule has 3 rings (SSSR count). The SMILES string of the molecule is CCCCc1n[nH]c2c(N=Nc3n[nH]cc3OC)c(C)nn12. The molecule has 3 heterocycles. The lowest BCUT2D eigenvalue weighted by Gasteiger charge is -1.92. The van der Waals surface area contributed by atoms with Gasteiger partial charge in [-0.05, 0) is 13.3 Å². The fourth-order valence-electron chi connectivity index (χ4n) is 2.18. The van der Waals surface area contributed by atoms with Gasteiger partial charge in [-0.2, -0.15) is 14.7 Å². The van der Waals surface area contributed by atoms with E-state index in [1.165, 1.54) is 0 Å². The lowest BCUT2D eigenvalue weighted by Crippen LogP contribution is -1.95. The highest BCUT2D eigenvalue weighted by Gasteiger charge is 2.15. The second-order valence-corrected chi connectivity index (χ2v) is 4.92. The number of aromatic nitrogens is 6. The van der Waals surface area contributed by atoms with Crippen molar-refractivity contribution in [3.05, 3.63) is 17.7 Å². The van der Waals surface area contributed by atoms with Gasteiger partial charge in [0.05, 0.1) is 19.0 Å². The van der Waals surface area contributed by atoms with Gasteiger partial charge in [-0.3, -0.25) is 10.2 Å². The summed E-state index contributed by atoms with van der Waals surface area (Å²) in [5, 5.41) is 26.8. The van der Waals surface area contributed by atoms with E-state index < -0.39 is 0 Å². The summed E-state index contributed by atoms with van der Waals surface area (Å²) in [7, 11) is 1.56. The van der Waals surface area contributed by atoms with Crippen LogP contribution >= 0.6 is 0 Å². The van der Waals surface area contributed by atoms with Crippen molar-refractivity contribution in [2.45, 2.75) is 33.1 Å². The van der Waals surface area contributed by atoms with Gasteiger partial charge >= 0.3 is 0 Å². The van der Waals surface area contributed by atoms with Crippen LogP contribution in [0.4, 0.5) is 11.5 Å². The number of rotatable bonds is 6. The fourth-order valence-corrected chi connectivity index (χ4v) is 2.18. The van der Waals surface area contributed by atoms with Gasteiger partial charge in [0, 0.05) is 6.42 Å². The number of azo groups is 1. The van der Waals surface area contributed by atoms with Crippen molar-refractivity contribution in [1.82, 2.24) is 30.0 Å². The first-order valence-corrected chi connectivity index (χ1v) is 7.16. The number of hydrogen-bond acceptors (Lipinski definition) is 6. The third-order valence-corrected chi connectivity index (χ3v) is 3.37. The Hall–Kier alpha value is -2.71. The summed E-state index contributed by atoms with van der Waals surface area (Å²) in [5.74, 6) is 1.84. The van der Waals surface area contributed by atoms with E-state index in [1.807, 2.05) is 6.92 Å². The molecule has 3 aromatic rings. The molecule has 0 spiro atoms. The van der Waals surface area contributed by atoms with Crippen LogP contribution in [-0.2, 0) is 6.42 Å². The Labute approximate surface area is 126 Å². The van der Waals surface area contributed by atoms with Gasteiger partial charge in [0.1, 0.15) is 0 Å². The van der Waals surface area contributed by atoms with Gasteiger partial charge < -0.3 is 4.74 Å². The number of aryl methyl sites for hydroxylation is 2. The zero-order valence-electron chi connectivity index (χ0n) is 12.8. The molecule has 22 heavy (non-hydrogen) atoms. The molecule has 116 valence electrons. The Morgan fingerprint density at radius 2 is 2.18 bits per heavy atom. The lowest BCUT2D eigenvalue weighted by atomic mass is 10.2. The minimum atomic E-state index is 0.395. The summed E-state index contributed by atoms with van der Waals surface area (Å²) in [6.45, 7) is 4.04. The van der Waals surface area contributed by atoms with Crippen LogP contribution in [0.3, 0.4) is 0 Å². The van der Waals surface area contributed by atoms with E-state index in [1.54, 1.807) is 17.8 Å². The van der Waals surface area contributed by atoms with Crippen molar-refractivity contribution in [2.24, 2.45) is 10.2 Å². The highest BCUT2D eigenvalue weighted by molar-refractivity contribution is 5.66. The first-order chi connectivity index (χ1) is 10.7. The van der Waals surface area contributed by atoms with Gasteiger partial charge in [-0.1, -0.05) is 13.3 Å². The first-order valence-electron chi connectivity index (χ1n) is 7.16. The summed E-state index contributed by atoms with van der Waals surface area (Å²) >= 11 is 0. The fraction of sp³-hybridized carbons (Fsp3) is 0.462. The van der Waals surface area contributed by atoms with Crippen molar-refractivity contribution in [3.63, 3.8) is 0 Å². The van der Waals surface area contributed by atoms with E-state index in [9.17, 15) is 0 Å². The predicted octanol–water partition coefficient (Wildman–Crippen LogP) is 2.86. The van der Waals surface area contributed by atoms with E-state index >= 15 is 0 Å². The molecule has 0 fully saturated rings. The smallest absolute Gasteiger partial charge is 0.237 e. The molecule has 0 aliphatic heterocycles. The Balaban J connectivity index is 1.94. The molecule has 0 aliphatic carbocycles. The normalized spacial score (nSPS) is 11.8. The molecule has 9 heteroatoms. The maximum atomic E-state index is 5.13. The Morgan fingerprint density at radius 3 is 2.95 bits per heavy atom. The number of unbranched alkanes of at least 4 members (excludes halogenated alkanes) is 1. The van der Waals surface area contributed by atoms with Gasteiger partial charge in [0.15, 0.2) is 22.9 Å². The van der Waals surface area contributed by atoms with E-state index in [0.717, 1.165) is 36.4 Å². The van der Waals surface area contributed by atoms with Crippen molar-refractivity contribution in [3.8, 4) is 5.75 Å². The highest BCUT2D eigenvalue weighted by atomic mass is 16.5. The van der Waals surface area contributed by atoms with E-state index in [2.05, 4.69) is 42.6 Å². The number of fused-ring (bicyclic) bond motifs is 1. The first kappa shape index (κ1) is 14.2. The molecule has 0 radical (unpaired) electrons. The summed E-state index contributed by atoms with van der Waals surface area (Å²) in [6, 6.07) is 0. The average Bonchev–Trinajstić information content (AvgIpc) is 3.19. The summed E-state index contributed by atoms with van der Waals surface area (Å²) in [4.78, 5) is 0. The van der Waals surface area contributed by atoms with Crippen LogP contribution in [-0.4, -0.2) is 37.1 Å². The molecule has 0 saturated heterocycles. The van der Waals surface area contributed by atoms with Crippen LogP contribution in [0.1, 0.15) is 31.3 Å². The van der Waals surface area contributed by atoms with E-state index in [0.29, 0.717) is 17.3 Å². The number of H-pyrrole nitrogens is 2. The molecule has 0 bridgehead atoms. The minimum absolute atomic E-state index is 0.395. The molecule has 0 atom stereocenters. The van der Waals surface area contributed by atoms with E-state index in [4.69, 9.17) is 4.74 Å². The molecule has 0 aromatic carbocycles. The van der Waals surface area contributed by atoms with Crippen molar-refractivity contribution < 1.29 is 4.74 Å². The molecule has 0 aliphatic rings. The monoisotopic (exact) mass is 302 g/mol. The molecule has 0 amide bonds. The van der Waals surface area contributed by atoms with Gasteiger partial charge in [0.2, 0.25) is 5.82 Å². The number of nitrogens with zero attached hydrogens (tertiary/aromatic N) is 6. The molecule has 9 nitrogen and oxygen atoms in total. The van der Waals surface area contributed by atoms with Crippen molar-refractivity contribution in [1.29, 1.82) is 0 Å². The van der Waals surface area contributed by atoms with Crippen LogP contribution in [0, 0.1) is 6.92 Å². The maximum absolute atomic E-state index is 5.13. The second-order valence-electron chi connectivity index (χ2n) is 4.92. The zero-order valence-corrected chi connectivity index (χ0v) is 12.8. The molecule has 0 saturated carbocycles. The Kier molecular flexibility index (Phi) is 3.86. The number of ether oxygens (including phenoxy) is 1. The van der Waals surface area contributed by atoms with Crippen molar-refractivity contribution in [2.75, 3.05) is 7.11 Å². The highest BCUT2D eigenvalue weighted by Crippen LogP contribution is 2.29. The molecule has 2 N–H and O–H groups in total. The number of hydrogen-bond donors (Lipinski definition) is 2. The standard InChI is InChI=1S/C13H18N8O/c1-4-5-6-10-15-19-13-11(8(2)20-21(10)13)16-18-12-9(22-3)7-14-17-12/h7,19H,4-6H2,1-3H3,(H,14,17). The Morgan fingerprint density at radius 1 is 1.32 bits per heavy atom. The van der Waals surface area contributed by atoms with Crippen LogP contribution in [0.2, 0.25) is 0 Å². The average molecular weight is 302 g/mol. The molecule has 0 unspecified atom stereocenters. The van der Waals surface area contributed by atoms with Crippen LogP contribution in [0.15, 0.2) is 16.4 Å². The number of nitrogens with one attached hydrogen (secondary N) is 2. The third kappa shape index (κ3) is 2.45. The second kappa shape index (κ2) is 5.96. The van der Waals surface area contributed by atoms with Gasteiger partial charge in [-0.25, -0.2) is 0 Å². The topological polar surface area (TPSA) is 109 Å². The third-order valence-electron chi connectivity index (χ3n) is 3.37. The van der Waals surface area contributed by atoms with Gasteiger partial charge in [-0.15, -0.1) is 15.3 Å². The van der Waals surface area contributed by atoms with Gasteiger partial charge in [0.25, 0.3) is 0 Å². The lowest BCUT2D eigenvalue weighted by molar-refractivity contribution is 0.416. The maximum Gasteiger partial charge on any atom is 0.237 e. The summed E-state index contributed by atoms with van der Waals surface area (Å²) in [6.07, 6.45) is 4.68. The predicted molar refractivity (Wildman–Crippen MR) is 80.0 cm³/mol. The van der Waals surface area contributed by atoms with E-state index in [-0.39, 0.29) is 0 Å². The quantitative estimate of drug-likeness (QED) is 0.682. The molecular formula is C13H18N8O. The number of aromatic amines is 2.